The predicted octanol–water partition coefficient (Wildman–Crippen LogP) is 4.94. The van der Waals surface area contributed by atoms with Crippen molar-refractivity contribution in [3.8, 4) is 0 Å². The number of alkyl halides is 1. The molecular weight excluding hydrogens is 244 g/mol. The monoisotopic (exact) mass is 268 g/mol. The molecule has 1 heterocycles. The van der Waals surface area contributed by atoms with Crippen molar-refractivity contribution in [1.82, 2.24) is 9.78 Å². The van der Waals surface area contributed by atoms with Crippen molar-refractivity contribution in [2.45, 2.75) is 71.2 Å². The fourth-order valence-corrected chi connectivity index (χ4v) is 3.72. The Hall–Kier alpha value is -0.500. The van der Waals surface area contributed by atoms with Crippen molar-refractivity contribution in [2.24, 2.45) is 5.92 Å². The molecule has 1 atom stereocenters. The van der Waals surface area contributed by atoms with Crippen LogP contribution in [0.1, 0.15) is 74.3 Å². The molecule has 0 saturated heterocycles. The number of halogens is 1. The van der Waals surface area contributed by atoms with Crippen LogP contribution < -0.4 is 0 Å². The van der Waals surface area contributed by atoms with Gasteiger partial charge in [0.05, 0.1) is 17.1 Å². The lowest BCUT2D eigenvalue weighted by atomic mass is 9.84. The summed E-state index contributed by atoms with van der Waals surface area (Å²) in [6, 6.07) is 0.593. The van der Waals surface area contributed by atoms with Crippen LogP contribution in [0.2, 0.25) is 0 Å². The zero-order chi connectivity index (χ0) is 13.3. The fourth-order valence-electron chi connectivity index (χ4n) is 3.40. The Morgan fingerprint density at radius 1 is 1.28 bits per heavy atom. The Balaban J connectivity index is 2.17. The summed E-state index contributed by atoms with van der Waals surface area (Å²) in [5.41, 5.74) is 3.61. The summed E-state index contributed by atoms with van der Waals surface area (Å²) in [5, 5.41) is 4.80. The first kappa shape index (κ1) is 13.9. The highest BCUT2D eigenvalue weighted by Crippen LogP contribution is 2.36. The van der Waals surface area contributed by atoms with Crippen LogP contribution in [0.5, 0.6) is 0 Å². The Morgan fingerprint density at radius 3 is 2.33 bits per heavy atom. The molecule has 102 valence electrons. The molecular formula is C15H25ClN2. The first-order valence-electron chi connectivity index (χ1n) is 7.24. The fraction of sp³-hybridized carbons (Fsp3) is 0.800. The maximum Gasteiger partial charge on any atom is 0.0643 e. The van der Waals surface area contributed by atoms with Crippen LogP contribution in [0, 0.1) is 19.8 Å². The second-order valence-electron chi connectivity index (χ2n) is 5.73. The molecule has 2 rings (SSSR count). The molecule has 1 aliphatic rings. The average molecular weight is 269 g/mol. The summed E-state index contributed by atoms with van der Waals surface area (Å²) < 4.78 is 2.25. The van der Waals surface area contributed by atoms with E-state index in [9.17, 15) is 0 Å². The zero-order valence-electron chi connectivity index (χ0n) is 12.0. The van der Waals surface area contributed by atoms with Crippen molar-refractivity contribution >= 4 is 11.6 Å². The van der Waals surface area contributed by atoms with E-state index in [4.69, 9.17) is 16.7 Å². The van der Waals surface area contributed by atoms with E-state index < -0.39 is 0 Å². The van der Waals surface area contributed by atoms with Crippen LogP contribution in [-0.2, 0) is 0 Å². The topological polar surface area (TPSA) is 17.8 Å². The largest absolute Gasteiger partial charge is 0.266 e. The molecule has 0 N–H and O–H groups in total. The lowest BCUT2D eigenvalue weighted by Gasteiger charge is -2.28. The third-order valence-corrected chi connectivity index (χ3v) is 4.74. The molecule has 2 nitrogen and oxygen atoms in total. The summed E-state index contributed by atoms with van der Waals surface area (Å²) in [5.74, 6) is 0.935. The van der Waals surface area contributed by atoms with E-state index >= 15 is 0 Å². The molecule has 0 spiro atoms. The Labute approximate surface area is 116 Å². The maximum atomic E-state index is 6.26. The van der Waals surface area contributed by atoms with Gasteiger partial charge in [0.2, 0.25) is 0 Å². The Morgan fingerprint density at radius 2 is 1.89 bits per heavy atom. The van der Waals surface area contributed by atoms with Gasteiger partial charge in [0.1, 0.15) is 0 Å². The summed E-state index contributed by atoms with van der Waals surface area (Å²) in [6.07, 6.45) is 6.58. The molecule has 1 unspecified atom stereocenters. The molecule has 1 saturated carbocycles. The second kappa shape index (κ2) is 5.64. The van der Waals surface area contributed by atoms with Crippen LogP contribution in [0.4, 0.5) is 0 Å². The minimum Gasteiger partial charge on any atom is -0.266 e. The van der Waals surface area contributed by atoms with E-state index in [-0.39, 0.29) is 5.38 Å². The molecule has 18 heavy (non-hydrogen) atoms. The quantitative estimate of drug-likeness (QED) is 0.710. The molecule has 0 aromatic carbocycles. The van der Waals surface area contributed by atoms with Crippen molar-refractivity contribution in [1.29, 1.82) is 0 Å². The van der Waals surface area contributed by atoms with E-state index in [1.54, 1.807) is 0 Å². The molecule has 1 aromatic heterocycles. The highest BCUT2D eigenvalue weighted by atomic mass is 35.5. The summed E-state index contributed by atoms with van der Waals surface area (Å²) in [7, 11) is 0. The van der Waals surface area contributed by atoms with Crippen molar-refractivity contribution in [3.63, 3.8) is 0 Å². The van der Waals surface area contributed by atoms with Gasteiger partial charge in [0.15, 0.2) is 0 Å². The Kier molecular flexibility index (Phi) is 4.37. The van der Waals surface area contributed by atoms with Crippen molar-refractivity contribution < 1.29 is 0 Å². The van der Waals surface area contributed by atoms with Gasteiger partial charge in [0, 0.05) is 11.3 Å². The van der Waals surface area contributed by atoms with Gasteiger partial charge in [-0.25, -0.2) is 0 Å². The average Bonchev–Trinajstić information content (AvgIpc) is 2.65. The summed E-state index contributed by atoms with van der Waals surface area (Å²) in [4.78, 5) is 0. The molecule has 0 aliphatic heterocycles. The zero-order valence-corrected chi connectivity index (χ0v) is 12.8. The first-order chi connectivity index (χ1) is 8.54. The van der Waals surface area contributed by atoms with Gasteiger partial charge in [-0.05, 0) is 52.4 Å². The van der Waals surface area contributed by atoms with Crippen LogP contribution >= 0.6 is 11.6 Å². The summed E-state index contributed by atoms with van der Waals surface area (Å²) >= 11 is 6.26. The third kappa shape index (κ3) is 2.59. The van der Waals surface area contributed by atoms with E-state index in [1.807, 2.05) is 6.92 Å². The van der Waals surface area contributed by atoms with Gasteiger partial charge in [-0.2, -0.15) is 5.10 Å². The SMILES string of the molecule is CCC1CCC(n2nc(C)c(C(C)Cl)c2C)CC1. The molecule has 1 aromatic rings. The van der Waals surface area contributed by atoms with Crippen molar-refractivity contribution in [2.75, 3.05) is 0 Å². The van der Waals surface area contributed by atoms with E-state index in [2.05, 4.69) is 25.5 Å². The molecule has 0 amide bonds. The smallest absolute Gasteiger partial charge is 0.0643 e. The lowest BCUT2D eigenvalue weighted by molar-refractivity contribution is 0.253. The maximum absolute atomic E-state index is 6.26. The number of aryl methyl sites for hydroxylation is 1. The van der Waals surface area contributed by atoms with Gasteiger partial charge < -0.3 is 0 Å². The third-order valence-electron chi connectivity index (χ3n) is 4.52. The van der Waals surface area contributed by atoms with E-state index in [1.165, 1.54) is 43.4 Å². The molecule has 0 bridgehead atoms. The standard InChI is InChI=1S/C15H25ClN2/c1-5-13-6-8-14(9-7-13)18-12(4)15(10(2)16)11(3)17-18/h10,13-14H,5-9H2,1-4H3. The van der Waals surface area contributed by atoms with Gasteiger partial charge in [-0.15, -0.1) is 11.6 Å². The number of aromatic nitrogens is 2. The van der Waals surface area contributed by atoms with Gasteiger partial charge in [-0.3, -0.25) is 4.68 Å². The molecule has 3 heteroatoms. The van der Waals surface area contributed by atoms with Gasteiger partial charge >= 0.3 is 0 Å². The van der Waals surface area contributed by atoms with Crippen LogP contribution in [0.25, 0.3) is 0 Å². The van der Waals surface area contributed by atoms with Crippen LogP contribution in [-0.4, -0.2) is 9.78 Å². The first-order valence-corrected chi connectivity index (χ1v) is 7.67. The predicted molar refractivity (Wildman–Crippen MR) is 77.3 cm³/mol. The number of hydrogen-bond acceptors (Lipinski definition) is 1. The second-order valence-corrected chi connectivity index (χ2v) is 6.38. The van der Waals surface area contributed by atoms with Crippen LogP contribution in [0.15, 0.2) is 0 Å². The normalized spacial score (nSPS) is 26.3. The minimum atomic E-state index is 0.0609. The Bertz CT molecular complexity index is 401. The lowest BCUT2D eigenvalue weighted by Crippen LogP contribution is -2.19. The van der Waals surface area contributed by atoms with Gasteiger partial charge in [-0.1, -0.05) is 13.3 Å². The molecule has 0 radical (unpaired) electrons. The number of rotatable bonds is 3. The minimum absolute atomic E-state index is 0.0609. The summed E-state index contributed by atoms with van der Waals surface area (Å²) in [6.45, 7) is 8.59. The molecule has 1 aliphatic carbocycles. The highest BCUT2D eigenvalue weighted by molar-refractivity contribution is 6.20. The van der Waals surface area contributed by atoms with Crippen molar-refractivity contribution in [3.05, 3.63) is 17.0 Å². The van der Waals surface area contributed by atoms with Gasteiger partial charge in [0.25, 0.3) is 0 Å². The molecule has 1 fully saturated rings. The highest BCUT2D eigenvalue weighted by Gasteiger charge is 2.25. The van der Waals surface area contributed by atoms with E-state index in [0.29, 0.717) is 6.04 Å². The number of hydrogen-bond donors (Lipinski definition) is 0. The van der Waals surface area contributed by atoms with Crippen LogP contribution in [0.3, 0.4) is 0 Å². The van der Waals surface area contributed by atoms with E-state index in [0.717, 1.165) is 11.6 Å². The number of nitrogens with zero attached hydrogens (tertiary/aromatic N) is 2.